The summed E-state index contributed by atoms with van der Waals surface area (Å²) in [5, 5.41) is 4.59. The van der Waals surface area contributed by atoms with Crippen LogP contribution < -0.4 is 10.1 Å². The normalized spacial score (nSPS) is 15.9. The number of thiophene rings is 1. The maximum atomic E-state index is 13.8. The molecule has 0 bridgehead atoms. The van der Waals surface area contributed by atoms with Crippen molar-refractivity contribution in [2.45, 2.75) is 19.5 Å². The molecule has 28 heavy (non-hydrogen) atoms. The standard InChI is InChI=1S/C20H24FN3O3S/c1-14(22-19(25)18-4-3-11-28-18)20(26)24-9-7-23(8-10-24)13-15-5-6-17(27-2)16(21)12-15/h3-6,11-12,14H,7-10,13H2,1-2H3,(H,22,25). The molecule has 3 rings (SSSR count). The molecule has 2 amide bonds. The highest BCUT2D eigenvalue weighted by Gasteiger charge is 2.26. The third kappa shape index (κ3) is 4.88. The lowest BCUT2D eigenvalue weighted by molar-refractivity contribution is -0.134. The third-order valence-corrected chi connectivity index (χ3v) is 5.64. The molecule has 1 unspecified atom stereocenters. The van der Waals surface area contributed by atoms with Crippen LogP contribution in [0.5, 0.6) is 5.75 Å². The lowest BCUT2D eigenvalue weighted by Crippen LogP contribution is -2.53. The Hall–Kier alpha value is -2.45. The second-order valence-corrected chi connectivity index (χ2v) is 7.69. The van der Waals surface area contributed by atoms with Crippen molar-refractivity contribution in [3.8, 4) is 5.75 Å². The van der Waals surface area contributed by atoms with E-state index in [1.165, 1.54) is 24.5 Å². The number of carbonyl (C=O) groups is 2. The summed E-state index contributed by atoms with van der Waals surface area (Å²) >= 11 is 1.35. The van der Waals surface area contributed by atoms with Crippen molar-refractivity contribution in [1.29, 1.82) is 0 Å². The summed E-state index contributed by atoms with van der Waals surface area (Å²) < 4.78 is 18.8. The van der Waals surface area contributed by atoms with Gasteiger partial charge in [0.25, 0.3) is 5.91 Å². The Morgan fingerprint density at radius 1 is 1.25 bits per heavy atom. The van der Waals surface area contributed by atoms with E-state index in [9.17, 15) is 14.0 Å². The molecule has 1 N–H and O–H groups in total. The summed E-state index contributed by atoms with van der Waals surface area (Å²) in [5.74, 6) is -0.446. The Labute approximate surface area is 167 Å². The van der Waals surface area contributed by atoms with E-state index < -0.39 is 6.04 Å². The SMILES string of the molecule is COc1ccc(CN2CCN(C(=O)C(C)NC(=O)c3cccs3)CC2)cc1F. The van der Waals surface area contributed by atoms with Crippen molar-refractivity contribution in [3.05, 3.63) is 52.0 Å². The Morgan fingerprint density at radius 2 is 2.00 bits per heavy atom. The minimum atomic E-state index is -0.572. The predicted molar refractivity (Wildman–Crippen MR) is 106 cm³/mol. The summed E-state index contributed by atoms with van der Waals surface area (Å²) in [4.78, 5) is 29.3. The van der Waals surface area contributed by atoms with E-state index >= 15 is 0 Å². The number of nitrogens with one attached hydrogen (secondary N) is 1. The zero-order chi connectivity index (χ0) is 20.1. The molecule has 8 heteroatoms. The number of ether oxygens (including phenoxy) is 1. The first kappa shape index (κ1) is 20.3. The maximum absolute atomic E-state index is 13.8. The Balaban J connectivity index is 1.48. The van der Waals surface area contributed by atoms with Crippen molar-refractivity contribution in [3.63, 3.8) is 0 Å². The predicted octanol–water partition coefficient (Wildman–Crippen LogP) is 2.36. The number of carbonyl (C=O) groups excluding carboxylic acids is 2. The van der Waals surface area contributed by atoms with Gasteiger partial charge < -0.3 is 15.0 Å². The van der Waals surface area contributed by atoms with Crippen molar-refractivity contribution in [1.82, 2.24) is 15.1 Å². The Morgan fingerprint density at radius 3 is 2.61 bits per heavy atom. The van der Waals surface area contributed by atoms with Crippen LogP contribution in [0.25, 0.3) is 0 Å². The van der Waals surface area contributed by atoms with Gasteiger partial charge >= 0.3 is 0 Å². The van der Waals surface area contributed by atoms with Gasteiger partial charge in [-0.3, -0.25) is 14.5 Å². The van der Waals surface area contributed by atoms with E-state index in [0.29, 0.717) is 37.6 Å². The van der Waals surface area contributed by atoms with E-state index in [-0.39, 0.29) is 23.4 Å². The highest BCUT2D eigenvalue weighted by Crippen LogP contribution is 2.19. The lowest BCUT2D eigenvalue weighted by atomic mass is 10.1. The molecule has 1 fully saturated rings. The van der Waals surface area contributed by atoms with Gasteiger partial charge in [0.05, 0.1) is 12.0 Å². The van der Waals surface area contributed by atoms with Gasteiger partial charge in [0.2, 0.25) is 5.91 Å². The fourth-order valence-electron chi connectivity index (χ4n) is 3.20. The maximum Gasteiger partial charge on any atom is 0.261 e. The van der Waals surface area contributed by atoms with Crippen LogP contribution in [0.3, 0.4) is 0 Å². The van der Waals surface area contributed by atoms with Crippen LogP contribution >= 0.6 is 11.3 Å². The van der Waals surface area contributed by atoms with Crippen LogP contribution in [-0.2, 0) is 11.3 Å². The zero-order valence-electron chi connectivity index (χ0n) is 16.0. The fraction of sp³-hybridized carbons (Fsp3) is 0.400. The van der Waals surface area contributed by atoms with Crippen molar-refractivity contribution >= 4 is 23.2 Å². The average molecular weight is 405 g/mol. The molecule has 1 aromatic heterocycles. The van der Waals surface area contributed by atoms with Crippen LogP contribution in [0.2, 0.25) is 0 Å². The summed E-state index contributed by atoms with van der Waals surface area (Å²) in [6, 6.07) is 7.93. The second-order valence-electron chi connectivity index (χ2n) is 6.74. The molecular weight excluding hydrogens is 381 g/mol. The first-order valence-corrected chi connectivity index (χ1v) is 10.0. The largest absolute Gasteiger partial charge is 0.494 e. The van der Waals surface area contributed by atoms with Gasteiger partial charge in [-0.1, -0.05) is 12.1 Å². The van der Waals surface area contributed by atoms with E-state index in [1.54, 1.807) is 30.0 Å². The van der Waals surface area contributed by atoms with Crippen LogP contribution in [-0.4, -0.2) is 60.9 Å². The van der Waals surface area contributed by atoms with Crippen LogP contribution in [0.1, 0.15) is 22.2 Å². The average Bonchev–Trinajstić information content (AvgIpc) is 3.23. The molecule has 1 saturated heterocycles. The molecule has 1 atom stereocenters. The molecule has 2 heterocycles. The Bertz CT molecular complexity index is 820. The van der Waals surface area contributed by atoms with Crippen molar-refractivity contribution < 1.29 is 18.7 Å². The third-order valence-electron chi connectivity index (χ3n) is 4.77. The molecule has 2 aromatic rings. The lowest BCUT2D eigenvalue weighted by Gasteiger charge is -2.36. The second kappa shape index (κ2) is 9.16. The van der Waals surface area contributed by atoms with Crippen LogP contribution in [0, 0.1) is 5.82 Å². The van der Waals surface area contributed by atoms with Crippen LogP contribution in [0.4, 0.5) is 4.39 Å². The first-order valence-electron chi connectivity index (χ1n) is 9.16. The fourth-order valence-corrected chi connectivity index (χ4v) is 3.83. The molecule has 0 saturated carbocycles. The van der Waals surface area contributed by atoms with Gasteiger partial charge in [-0.05, 0) is 36.1 Å². The van der Waals surface area contributed by atoms with Crippen LogP contribution in [0.15, 0.2) is 35.7 Å². The van der Waals surface area contributed by atoms with E-state index in [1.807, 2.05) is 11.4 Å². The highest BCUT2D eigenvalue weighted by atomic mass is 32.1. The number of amides is 2. The number of halogens is 1. The molecular formula is C20H24FN3O3S. The number of rotatable bonds is 6. The Kier molecular flexibility index (Phi) is 6.64. The summed E-state index contributed by atoms with van der Waals surface area (Å²) in [6.07, 6.45) is 0. The number of methoxy groups -OCH3 is 1. The van der Waals surface area contributed by atoms with E-state index in [4.69, 9.17) is 4.74 Å². The highest BCUT2D eigenvalue weighted by molar-refractivity contribution is 7.12. The quantitative estimate of drug-likeness (QED) is 0.802. The monoisotopic (exact) mass is 405 g/mol. The number of hydrogen-bond donors (Lipinski definition) is 1. The number of piperazine rings is 1. The molecule has 0 radical (unpaired) electrons. The topological polar surface area (TPSA) is 61.9 Å². The van der Waals surface area contributed by atoms with E-state index in [0.717, 1.165) is 5.56 Å². The smallest absolute Gasteiger partial charge is 0.261 e. The van der Waals surface area contributed by atoms with Gasteiger partial charge in [0.1, 0.15) is 6.04 Å². The minimum Gasteiger partial charge on any atom is -0.494 e. The molecule has 0 aliphatic carbocycles. The van der Waals surface area contributed by atoms with Gasteiger partial charge in [-0.25, -0.2) is 4.39 Å². The summed E-state index contributed by atoms with van der Waals surface area (Å²) in [7, 11) is 1.44. The molecule has 0 spiro atoms. The van der Waals surface area contributed by atoms with Gasteiger partial charge in [-0.2, -0.15) is 0 Å². The molecule has 1 aliphatic rings. The molecule has 1 aliphatic heterocycles. The van der Waals surface area contributed by atoms with Crippen molar-refractivity contribution in [2.75, 3.05) is 33.3 Å². The zero-order valence-corrected chi connectivity index (χ0v) is 16.8. The summed E-state index contributed by atoms with van der Waals surface area (Å²) in [5.41, 5.74) is 0.870. The number of nitrogens with zero attached hydrogens (tertiary/aromatic N) is 2. The minimum absolute atomic E-state index is 0.0833. The number of benzene rings is 1. The van der Waals surface area contributed by atoms with Crippen molar-refractivity contribution in [2.24, 2.45) is 0 Å². The van der Waals surface area contributed by atoms with Gasteiger partial charge in [0.15, 0.2) is 11.6 Å². The van der Waals surface area contributed by atoms with Gasteiger partial charge in [-0.15, -0.1) is 11.3 Å². The molecule has 150 valence electrons. The van der Waals surface area contributed by atoms with E-state index in [2.05, 4.69) is 10.2 Å². The van der Waals surface area contributed by atoms with Gasteiger partial charge in [0, 0.05) is 32.7 Å². The molecule has 6 nitrogen and oxygen atoms in total. The number of hydrogen-bond acceptors (Lipinski definition) is 5. The first-order chi connectivity index (χ1) is 13.5. The summed E-state index contributed by atoms with van der Waals surface area (Å²) in [6.45, 7) is 4.89. The molecule has 1 aromatic carbocycles.